The van der Waals surface area contributed by atoms with Gasteiger partial charge in [0.05, 0.1) is 11.1 Å². The molecule has 13 nitrogen and oxygen atoms in total. The minimum absolute atomic E-state index is 0.118. The monoisotopic (exact) mass is 743 g/mol. The van der Waals surface area contributed by atoms with Gasteiger partial charge in [-0.25, -0.2) is 9.59 Å². The van der Waals surface area contributed by atoms with E-state index in [1.54, 1.807) is 79.7 Å². The third-order valence-corrected chi connectivity index (χ3v) is 9.48. The zero-order valence-corrected chi connectivity index (χ0v) is 30.3. The number of carbonyl (C=O) groups is 5. The molecule has 5 N–H and O–H groups in total. The highest BCUT2D eigenvalue weighted by molar-refractivity contribution is 7.52. The van der Waals surface area contributed by atoms with Crippen LogP contribution >= 0.6 is 7.60 Å². The lowest BCUT2D eigenvalue weighted by atomic mass is 9.97. The lowest BCUT2D eigenvalue weighted by Gasteiger charge is -2.28. The molecule has 4 aromatic rings. The smallest absolute Gasteiger partial charge is 0.347 e. The Morgan fingerprint density at radius 3 is 1.51 bits per heavy atom. The molecule has 0 fully saturated rings. The van der Waals surface area contributed by atoms with Crippen LogP contribution in [-0.2, 0) is 31.8 Å². The molecule has 4 atom stereocenters. The molecule has 0 aromatic heterocycles. The SMILES string of the molecule is CC[C@H](C)[C@H](NC(C)=O)C(=O)N[C@@H](Cc1ccc(OC(=O)c2ccccc2)cc1)C(=O)N[C@@H](Cc1ccc(OC(=O)c2ccccc2)cc1)P(=O)(O)O. The Morgan fingerprint density at radius 2 is 1.09 bits per heavy atom. The van der Waals surface area contributed by atoms with E-state index >= 15 is 0 Å². The average Bonchev–Trinajstić information content (AvgIpc) is 3.14. The lowest BCUT2D eigenvalue weighted by molar-refractivity contribution is -0.132. The molecular weight excluding hydrogens is 701 g/mol. The van der Waals surface area contributed by atoms with Gasteiger partial charge >= 0.3 is 19.5 Å². The summed E-state index contributed by atoms with van der Waals surface area (Å²) in [7, 11) is -4.97. The highest BCUT2D eigenvalue weighted by Gasteiger charge is 2.35. The van der Waals surface area contributed by atoms with E-state index in [0.29, 0.717) is 28.7 Å². The van der Waals surface area contributed by atoms with Gasteiger partial charge in [0.15, 0.2) is 0 Å². The molecule has 53 heavy (non-hydrogen) atoms. The van der Waals surface area contributed by atoms with Crippen molar-refractivity contribution in [3.8, 4) is 11.5 Å². The average molecular weight is 744 g/mol. The van der Waals surface area contributed by atoms with Gasteiger partial charge in [-0.2, -0.15) is 0 Å². The Labute approximate surface area is 307 Å². The molecule has 4 rings (SSSR count). The van der Waals surface area contributed by atoms with Gasteiger partial charge in [-0.15, -0.1) is 0 Å². The summed E-state index contributed by atoms with van der Waals surface area (Å²) in [6, 6.07) is 26.6. The summed E-state index contributed by atoms with van der Waals surface area (Å²) in [5, 5.41) is 7.69. The first-order valence-corrected chi connectivity index (χ1v) is 18.6. The van der Waals surface area contributed by atoms with Crippen LogP contribution in [0.5, 0.6) is 11.5 Å². The molecule has 0 unspecified atom stereocenters. The van der Waals surface area contributed by atoms with E-state index in [0.717, 1.165) is 0 Å². The van der Waals surface area contributed by atoms with Gasteiger partial charge in [0, 0.05) is 19.8 Å². The molecule has 3 amide bonds. The van der Waals surface area contributed by atoms with Gasteiger partial charge in [0.25, 0.3) is 0 Å². The minimum atomic E-state index is -4.97. The van der Waals surface area contributed by atoms with Crippen molar-refractivity contribution in [1.82, 2.24) is 16.0 Å². The molecule has 14 heteroatoms. The van der Waals surface area contributed by atoms with E-state index in [4.69, 9.17) is 9.47 Å². The van der Waals surface area contributed by atoms with Crippen LogP contribution in [0.2, 0.25) is 0 Å². The zero-order valence-electron chi connectivity index (χ0n) is 29.4. The number of carbonyl (C=O) groups excluding carboxylic acids is 5. The molecule has 0 aliphatic carbocycles. The van der Waals surface area contributed by atoms with Crippen LogP contribution in [0, 0.1) is 5.92 Å². The van der Waals surface area contributed by atoms with Crippen LogP contribution < -0.4 is 25.4 Å². The van der Waals surface area contributed by atoms with Gasteiger partial charge in [0.2, 0.25) is 17.7 Å². The summed E-state index contributed by atoms with van der Waals surface area (Å²) in [5.41, 5.74) is 1.64. The van der Waals surface area contributed by atoms with Crippen molar-refractivity contribution in [3.63, 3.8) is 0 Å². The predicted molar refractivity (Wildman–Crippen MR) is 196 cm³/mol. The second-order valence-corrected chi connectivity index (χ2v) is 14.2. The van der Waals surface area contributed by atoms with E-state index in [-0.39, 0.29) is 30.3 Å². The molecule has 0 bridgehead atoms. The first-order chi connectivity index (χ1) is 25.2. The Hall–Kier alpha value is -5.62. The Kier molecular flexibility index (Phi) is 14.2. The third kappa shape index (κ3) is 12.2. The van der Waals surface area contributed by atoms with Crippen LogP contribution in [-0.4, -0.2) is 57.3 Å². The predicted octanol–water partition coefficient (Wildman–Crippen LogP) is 4.57. The standard InChI is InChI=1S/C39H42N3O10P/c1-4-25(2)35(40-26(3)43)37(45)41-33(23-27-15-19-31(20-16-27)51-38(46)29-11-7-5-8-12-29)36(44)42-34(53(48,49)50)24-28-17-21-32(22-18-28)52-39(47)30-13-9-6-10-14-30/h5-22,25,33-35H,4,23-24H2,1-3H3,(H,40,43)(H,41,45)(H,42,44)(H2,48,49,50)/t25-,33-,34+,35-/m0/s1. The quantitative estimate of drug-likeness (QED) is 0.0616. The van der Waals surface area contributed by atoms with Crippen molar-refractivity contribution < 1.29 is 47.8 Å². The van der Waals surface area contributed by atoms with E-state index in [1.807, 2.05) is 6.92 Å². The van der Waals surface area contributed by atoms with Crippen LogP contribution in [0.15, 0.2) is 109 Å². The van der Waals surface area contributed by atoms with Gasteiger partial charge < -0.3 is 35.2 Å². The number of rotatable bonds is 16. The maximum absolute atomic E-state index is 13.8. The number of hydrogen-bond acceptors (Lipinski definition) is 8. The summed E-state index contributed by atoms with van der Waals surface area (Å²) in [6.45, 7) is 4.87. The fourth-order valence-electron chi connectivity index (χ4n) is 5.24. The molecule has 4 aromatic carbocycles. The minimum Gasteiger partial charge on any atom is -0.423 e. The van der Waals surface area contributed by atoms with Crippen LogP contribution in [0.4, 0.5) is 0 Å². The lowest BCUT2D eigenvalue weighted by Crippen LogP contribution is -2.57. The zero-order chi connectivity index (χ0) is 38.5. The topological polar surface area (TPSA) is 197 Å². The molecule has 0 radical (unpaired) electrons. The van der Waals surface area contributed by atoms with E-state index < -0.39 is 55.1 Å². The fourth-order valence-corrected chi connectivity index (χ4v) is 5.98. The summed E-state index contributed by atoms with van der Waals surface area (Å²) in [4.78, 5) is 84.7. The molecule has 278 valence electrons. The van der Waals surface area contributed by atoms with Crippen molar-refractivity contribution >= 4 is 37.3 Å². The van der Waals surface area contributed by atoms with Crippen molar-refractivity contribution in [3.05, 3.63) is 131 Å². The van der Waals surface area contributed by atoms with Crippen molar-refractivity contribution in [2.75, 3.05) is 0 Å². The van der Waals surface area contributed by atoms with Crippen LogP contribution in [0.25, 0.3) is 0 Å². The second kappa shape index (κ2) is 18.7. The van der Waals surface area contributed by atoms with Crippen molar-refractivity contribution in [1.29, 1.82) is 0 Å². The Morgan fingerprint density at radius 1 is 0.642 bits per heavy atom. The number of nitrogens with one attached hydrogen (secondary N) is 3. The summed E-state index contributed by atoms with van der Waals surface area (Å²) in [6.07, 6.45) is 0.114. The molecule has 0 heterocycles. The number of esters is 2. The summed E-state index contributed by atoms with van der Waals surface area (Å²) < 4.78 is 23.5. The molecular formula is C39H42N3O10P. The summed E-state index contributed by atoms with van der Waals surface area (Å²) in [5.74, 6) is -4.69. The van der Waals surface area contributed by atoms with Gasteiger partial charge in [0.1, 0.15) is 29.4 Å². The van der Waals surface area contributed by atoms with E-state index in [9.17, 15) is 38.3 Å². The largest absolute Gasteiger partial charge is 0.423 e. The van der Waals surface area contributed by atoms with E-state index in [1.165, 1.54) is 43.3 Å². The van der Waals surface area contributed by atoms with Crippen molar-refractivity contribution in [2.45, 2.75) is 57.9 Å². The van der Waals surface area contributed by atoms with Gasteiger partial charge in [-0.3, -0.25) is 18.9 Å². The second-order valence-electron chi connectivity index (χ2n) is 12.4. The fraction of sp³-hybridized carbons (Fsp3) is 0.256. The maximum Gasteiger partial charge on any atom is 0.347 e. The number of benzene rings is 4. The molecule has 0 spiro atoms. The first-order valence-electron chi connectivity index (χ1n) is 16.9. The van der Waals surface area contributed by atoms with Gasteiger partial charge in [-0.05, 0) is 65.6 Å². The first kappa shape index (κ1) is 40.2. The van der Waals surface area contributed by atoms with Crippen LogP contribution in [0.1, 0.15) is 59.0 Å². The van der Waals surface area contributed by atoms with E-state index in [2.05, 4.69) is 16.0 Å². The van der Waals surface area contributed by atoms with Crippen LogP contribution in [0.3, 0.4) is 0 Å². The molecule has 0 saturated heterocycles. The highest BCUT2D eigenvalue weighted by Crippen LogP contribution is 2.41. The Balaban J connectivity index is 1.52. The molecule has 0 saturated carbocycles. The van der Waals surface area contributed by atoms with Crippen molar-refractivity contribution in [2.24, 2.45) is 5.92 Å². The maximum atomic E-state index is 13.8. The normalized spacial score (nSPS) is 13.4. The number of hydrogen-bond donors (Lipinski definition) is 5. The molecule has 0 aliphatic heterocycles. The van der Waals surface area contributed by atoms with Gasteiger partial charge in [-0.1, -0.05) is 80.9 Å². The Bertz CT molecular complexity index is 1920. The third-order valence-electron chi connectivity index (χ3n) is 8.36. The molecule has 0 aliphatic rings. The number of amides is 3. The number of ether oxygens (including phenoxy) is 2. The summed E-state index contributed by atoms with van der Waals surface area (Å²) >= 11 is 0. The highest BCUT2D eigenvalue weighted by atomic mass is 31.2.